The zero-order valence-electron chi connectivity index (χ0n) is 18.3. The number of hydrogen-bond acceptors (Lipinski definition) is 2. The molecule has 0 saturated heterocycles. The predicted molar refractivity (Wildman–Crippen MR) is 113 cm³/mol. The van der Waals surface area contributed by atoms with Crippen LogP contribution in [-0.4, -0.2) is 30.9 Å². The molecule has 26 heavy (non-hydrogen) atoms. The van der Waals surface area contributed by atoms with Crippen molar-refractivity contribution in [2.45, 2.75) is 109 Å². The lowest BCUT2D eigenvalue weighted by Gasteiger charge is -2.39. The van der Waals surface area contributed by atoms with Crippen LogP contribution in [0, 0.1) is 0 Å². The Kier molecular flexibility index (Phi) is 14.6. The maximum atomic E-state index is 11.9. The molecule has 0 aromatic carbocycles. The van der Waals surface area contributed by atoms with Gasteiger partial charge in [-0.2, -0.15) is 0 Å². The lowest BCUT2D eigenvalue weighted by atomic mass is 10.0. The topological polar surface area (TPSA) is 40.1 Å². The summed E-state index contributed by atoms with van der Waals surface area (Å²) >= 11 is 0. The largest absolute Gasteiger partial charge is 0.590 e. The molecule has 0 aliphatic heterocycles. The Labute approximate surface area is 164 Å². The van der Waals surface area contributed by atoms with Gasteiger partial charge in [-0.1, -0.05) is 75.5 Å². The summed E-state index contributed by atoms with van der Waals surface area (Å²) in [5, 5.41) is -0.615. The van der Waals surface area contributed by atoms with Gasteiger partial charge in [-0.15, -0.1) is 0 Å². The highest BCUT2D eigenvalue weighted by Gasteiger charge is 2.52. The summed E-state index contributed by atoms with van der Waals surface area (Å²) in [6.45, 7) is 4.26. The van der Waals surface area contributed by atoms with E-state index in [0.29, 0.717) is 10.9 Å². The van der Waals surface area contributed by atoms with Crippen LogP contribution in [0.5, 0.6) is 0 Å². The van der Waals surface area contributed by atoms with Gasteiger partial charge in [0, 0.05) is 12.8 Å². The standard InChI is InChI=1S/C22H45NO2P/c1-6-8-9-10-11-12-13-14-15-16-17-18-19-20-21-22(7-2,26(24)25)23(3,4)5/h16-17H,6-15,18-21H2,1-5H3/q+1. The Hall–Kier alpha value is -0.240. The molecule has 3 nitrogen and oxygen atoms in total. The summed E-state index contributed by atoms with van der Waals surface area (Å²) in [7, 11) is 3.57. The van der Waals surface area contributed by atoms with Gasteiger partial charge in [0.2, 0.25) is 0 Å². The molecule has 0 aliphatic rings. The van der Waals surface area contributed by atoms with E-state index in [1.54, 1.807) is 0 Å². The lowest BCUT2D eigenvalue weighted by molar-refractivity contribution is -0.910. The summed E-state index contributed by atoms with van der Waals surface area (Å²) in [6.07, 6.45) is 21.4. The highest BCUT2D eigenvalue weighted by Crippen LogP contribution is 2.44. The number of unbranched alkanes of at least 4 members (excludes halogenated alkanes) is 10. The van der Waals surface area contributed by atoms with Gasteiger partial charge in [0.15, 0.2) is 0 Å². The number of hydrogen-bond donors (Lipinski definition) is 0. The molecule has 4 heteroatoms. The van der Waals surface area contributed by atoms with Crippen LogP contribution < -0.4 is 4.89 Å². The fourth-order valence-electron chi connectivity index (χ4n) is 3.75. The zero-order valence-corrected chi connectivity index (χ0v) is 19.2. The molecule has 0 heterocycles. The quantitative estimate of drug-likeness (QED) is 0.123. The van der Waals surface area contributed by atoms with Crippen LogP contribution in [0.4, 0.5) is 0 Å². The van der Waals surface area contributed by atoms with E-state index in [1.807, 2.05) is 28.1 Å². The summed E-state index contributed by atoms with van der Waals surface area (Å²) in [4.78, 5) is 11.9. The van der Waals surface area contributed by atoms with Crippen LogP contribution >= 0.6 is 8.03 Å². The summed E-state index contributed by atoms with van der Waals surface area (Å²) in [6, 6.07) is 0. The van der Waals surface area contributed by atoms with Gasteiger partial charge in [-0.05, 0) is 32.1 Å². The molecular formula is C22H45NO2P+. The highest BCUT2D eigenvalue weighted by molar-refractivity contribution is 7.38. The Morgan fingerprint density at radius 2 is 1.27 bits per heavy atom. The molecule has 0 amide bonds. The van der Waals surface area contributed by atoms with E-state index < -0.39 is 13.3 Å². The molecule has 0 spiro atoms. The zero-order chi connectivity index (χ0) is 19.9. The van der Waals surface area contributed by atoms with Crippen LogP contribution in [0.1, 0.15) is 104 Å². The molecule has 0 radical (unpaired) electrons. The van der Waals surface area contributed by atoms with Crippen molar-refractivity contribution in [1.29, 1.82) is 0 Å². The van der Waals surface area contributed by atoms with E-state index in [2.05, 4.69) is 19.1 Å². The lowest BCUT2D eigenvalue weighted by Crippen LogP contribution is -2.55. The van der Waals surface area contributed by atoms with Crippen LogP contribution in [-0.2, 0) is 4.57 Å². The average molecular weight is 387 g/mol. The minimum Gasteiger partial charge on any atom is -0.590 e. The van der Waals surface area contributed by atoms with E-state index >= 15 is 0 Å². The smallest absolute Gasteiger partial charge is 0.376 e. The van der Waals surface area contributed by atoms with Crippen molar-refractivity contribution in [2.75, 3.05) is 21.1 Å². The maximum absolute atomic E-state index is 11.9. The summed E-state index contributed by atoms with van der Waals surface area (Å²) in [5.41, 5.74) is 0. The monoisotopic (exact) mass is 386 g/mol. The second-order valence-corrected chi connectivity index (χ2v) is 9.93. The molecule has 0 bridgehead atoms. The van der Waals surface area contributed by atoms with E-state index in [-0.39, 0.29) is 0 Å². The van der Waals surface area contributed by atoms with E-state index in [1.165, 1.54) is 57.8 Å². The molecule has 0 aliphatic carbocycles. The number of rotatable bonds is 17. The van der Waals surface area contributed by atoms with Crippen molar-refractivity contribution < 1.29 is 13.9 Å². The minimum absolute atomic E-state index is 0.497. The van der Waals surface area contributed by atoms with Crippen molar-refractivity contribution in [2.24, 2.45) is 0 Å². The van der Waals surface area contributed by atoms with Crippen LogP contribution in [0.25, 0.3) is 0 Å². The van der Waals surface area contributed by atoms with Gasteiger partial charge in [0.05, 0.1) is 21.1 Å². The van der Waals surface area contributed by atoms with Gasteiger partial charge >= 0.3 is 8.03 Å². The van der Waals surface area contributed by atoms with Crippen molar-refractivity contribution in [3.63, 3.8) is 0 Å². The molecule has 0 fully saturated rings. The van der Waals surface area contributed by atoms with E-state index in [9.17, 15) is 9.46 Å². The first-order chi connectivity index (χ1) is 12.3. The Morgan fingerprint density at radius 1 is 0.808 bits per heavy atom. The van der Waals surface area contributed by atoms with Crippen molar-refractivity contribution in [3.05, 3.63) is 12.2 Å². The minimum atomic E-state index is -2.42. The van der Waals surface area contributed by atoms with Crippen LogP contribution in [0.2, 0.25) is 0 Å². The Bertz CT molecular complexity index is 390. The maximum Gasteiger partial charge on any atom is 0.376 e. The second-order valence-electron chi connectivity index (χ2n) is 8.59. The third-order valence-electron chi connectivity index (χ3n) is 5.74. The first-order valence-electron chi connectivity index (χ1n) is 10.9. The van der Waals surface area contributed by atoms with E-state index in [4.69, 9.17) is 0 Å². The molecule has 2 unspecified atom stereocenters. The number of nitrogens with zero attached hydrogens (tertiary/aromatic N) is 1. The van der Waals surface area contributed by atoms with Gasteiger partial charge in [-0.25, -0.2) is 0 Å². The fraction of sp³-hybridized carbons (Fsp3) is 0.909. The van der Waals surface area contributed by atoms with Crippen molar-refractivity contribution in [1.82, 2.24) is 0 Å². The molecule has 0 rings (SSSR count). The van der Waals surface area contributed by atoms with Gasteiger partial charge in [0.1, 0.15) is 0 Å². The predicted octanol–water partition coefficient (Wildman–Crippen LogP) is 6.55. The van der Waals surface area contributed by atoms with Gasteiger partial charge in [-0.3, -0.25) is 4.48 Å². The highest BCUT2D eigenvalue weighted by atomic mass is 31.1. The Morgan fingerprint density at radius 3 is 1.69 bits per heavy atom. The summed E-state index contributed by atoms with van der Waals surface area (Å²) in [5.74, 6) is 0. The average Bonchev–Trinajstić information content (AvgIpc) is 2.57. The van der Waals surface area contributed by atoms with Gasteiger partial charge < -0.3 is 4.89 Å². The van der Waals surface area contributed by atoms with Crippen LogP contribution in [0.15, 0.2) is 12.2 Å². The second kappa shape index (κ2) is 14.8. The summed E-state index contributed by atoms with van der Waals surface area (Å²) < 4.78 is 12.4. The van der Waals surface area contributed by atoms with Gasteiger partial charge in [0.25, 0.3) is 5.28 Å². The van der Waals surface area contributed by atoms with Crippen molar-refractivity contribution >= 4 is 8.03 Å². The number of quaternary nitrogens is 1. The fourth-order valence-corrected chi connectivity index (χ4v) is 4.84. The van der Waals surface area contributed by atoms with Crippen molar-refractivity contribution in [3.8, 4) is 0 Å². The molecule has 0 aromatic rings. The molecule has 0 aromatic heterocycles. The molecule has 2 atom stereocenters. The third kappa shape index (κ3) is 10.2. The van der Waals surface area contributed by atoms with Crippen LogP contribution in [0.3, 0.4) is 0 Å². The molecule has 0 N–H and O–H groups in total. The third-order valence-corrected chi connectivity index (χ3v) is 7.56. The molecule has 154 valence electrons. The molecule has 0 saturated carbocycles. The molecular weight excluding hydrogens is 341 g/mol. The normalized spacial score (nSPS) is 15.4. The first-order valence-corrected chi connectivity index (χ1v) is 12.1. The Balaban J connectivity index is 3.79. The SMILES string of the molecule is CCCCCCCCCCC=CCCCCC(CC)([P+](=O)[O-])[N+](C)(C)C. The van der Waals surface area contributed by atoms with E-state index in [0.717, 1.165) is 25.7 Å². The number of allylic oxidation sites excluding steroid dienone is 2. The first kappa shape index (κ1) is 25.8.